The number of likely N-dealkylation sites (tertiary alicyclic amines) is 3. The Bertz CT molecular complexity index is 4190. The minimum atomic E-state index is -0.981. The van der Waals surface area contributed by atoms with Crippen LogP contribution in [0.5, 0.6) is 0 Å². The fraction of sp³-hybridized carbons (Fsp3) is 0.586. The topological polar surface area (TPSA) is 375 Å². The first-order chi connectivity index (χ1) is 54.3. The van der Waals surface area contributed by atoms with E-state index in [2.05, 4.69) is 46.9 Å². The van der Waals surface area contributed by atoms with E-state index in [1.165, 1.54) is 37.4 Å². The zero-order valence-electron chi connectivity index (χ0n) is 71.8. The Morgan fingerprint density at radius 2 is 0.718 bits per heavy atom. The van der Waals surface area contributed by atoms with Crippen molar-refractivity contribution >= 4 is 87.2 Å². The lowest BCUT2D eigenvalue weighted by atomic mass is 9.84. The van der Waals surface area contributed by atoms with Gasteiger partial charge in [-0.15, -0.1) is 34.0 Å². The molecule has 0 bridgehead atoms. The number of β-amino-alcohol motifs (C(OH)–C–C–N with tert-alkyl or cyclic N) is 3. The molecule has 9 rings (SSSR count). The molecule has 3 saturated heterocycles. The molecule has 0 aliphatic carbocycles. The third-order valence-electron chi connectivity index (χ3n) is 20.4. The summed E-state index contributed by atoms with van der Waals surface area (Å²) in [6, 6.07) is 15.2. The van der Waals surface area contributed by atoms with Crippen LogP contribution < -0.4 is 31.9 Å². The van der Waals surface area contributed by atoms with E-state index in [0.29, 0.717) is 11.3 Å². The van der Waals surface area contributed by atoms with Crippen molar-refractivity contribution in [3.05, 3.63) is 123 Å². The van der Waals surface area contributed by atoms with Crippen LogP contribution in [0.4, 0.5) is 4.39 Å². The number of carbonyl (C=O) groups excluding carboxylic acids is 9. The van der Waals surface area contributed by atoms with Crippen molar-refractivity contribution in [2.24, 2.45) is 32.5 Å². The number of aryl methyl sites for hydroxylation is 2. The number of rotatable bonds is 24. The number of hydrogen-bond donors (Lipinski definition) is 11. The van der Waals surface area contributed by atoms with Crippen molar-refractivity contribution in [1.82, 2.24) is 61.6 Å². The summed E-state index contributed by atoms with van der Waals surface area (Å²) in [5.41, 5.74) is 10.2. The number of carbonyl (C=O) groups is 9. The fourth-order valence-electron chi connectivity index (χ4n) is 14.2. The standard InChI is InChI=1S/C29H41FN4O4S.2C29H42N4O5S/c1-17-24(39-16-31-17)19-10-8-18(9-11-19)21(14-30)32-26(37)22-12-20(35)15-34(22)27(38)25(29(5,6)7)33-23(36)13-28(2,3)4;1-17-24(39-16-30-17)19-10-8-18(9-11-19)21(15-34)31-26(37)22-12-20(35)14-33(22)27(38)25(29(5,6)7)32-23(36)13-28(2,3)4;1-17(18-8-10-19(11-9-18)24-21(15-34)30-16-39-24)31-26(37)22-12-20(35)14-33(22)27(38)25(29(5,6)7)32-23(36)13-28(2,3)4/h8-11,16,20-22,25,35H,12-15H2,1-7H3,(H,32,37)(H,33,36);8-11,16,20-22,25,34-35H,12-15H2,1-7H3,(H,31,37)(H,32,36);8-11,16-17,20,22,25,34-35H,12-15H2,1-7H3,(H,31,37)(H,32,36). The van der Waals surface area contributed by atoms with Crippen LogP contribution in [0.1, 0.15) is 222 Å². The summed E-state index contributed by atoms with van der Waals surface area (Å²) in [6.45, 7) is 38.6. The highest BCUT2D eigenvalue weighted by Crippen LogP contribution is 2.36. The molecule has 3 aromatic heterocycles. The molecule has 11 N–H and O–H groups in total. The van der Waals surface area contributed by atoms with Gasteiger partial charge >= 0.3 is 0 Å². The molecule has 3 aliphatic rings. The van der Waals surface area contributed by atoms with Crippen LogP contribution in [0.2, 0.25) is 0 Å². The third-order valence-corrected chi connectivity index (χ3v) is 23.2. The highest BCUT2D eigenvalue weighted by molar-refractivity contribution is 7.14. The molecule has 0 spiro atoms. The second-order valence-electron chi connectivity index (χ2n) is 37.9. The Labute approximate surface area is 700 Å². The fourth-order valence-corrected chi connectivity index (χ4v) is 16.7. The largest absolute Gasteiger partial charge is 0.394 e. The quantitative estimate of drug-likeness (QED) is 0.0268. The van der Waals surface area contributed by atoms with Gasteiger partial charge in [0.15, 0.2) is 0 Å². The van der Waals surface area contributed by atoms with Gasteiger partial charge in [0.05, 0.1) is 97.9 Å². The van der Waals surface area contributed by atoms with Gasteiger partial charge in [-0.25, -0.2) is 19.3 Å². The second kappa shape index (κ2) is 40.0. The zero-order valence-corrected chi connectivity index (χ0v) is 74.2. The number of alkyl halides is 1. The number of aromatic nitrogens is 3. The van der Waals surface area contributed by atoms with Gasteiger partial charge in [-0.2, -0.15) is 0 Å². The number of halogens is 1. The van der Waals surface area contributed by atoms with Crippen molar-refractivity contribution in [2.75, 3.05) is 32.9 Å². The molecule has 6 aromatic rings. The third kappa shape index (κ3) is 27.0. The molecule has 3 aliphatic heterocycles. The number of benzene rings is 3. The van der Waals surface area contributed by atoms with E-state index in [-0.39, 0.29) is 123 Å². The SMILES string of the molecule is CC(NC(=O)C1CC(O)CN1C(=O)C(NC(=O)CC(C)(C)C)C(C)(C)C)c1ccc(-c2scnc2CO)cc1.Cc1ncsc1-c1ccc(C(CF)NC(=O)C2CC(O)CN2C(=O)C(NC(=O)CC(C)(C)C)C(C)(C)C)cc1.Cc1ncsc1-c1ccc(C(CO)NC(=O)C2CC(O)CN2C(=O)C(NC(=O)CC(C)(C)C)C(C)(C)C)cc1. The van der Waals surface area contributed by atoms with E-state index in [4.69, 9.17) is 0 Å². The lowest BCUT2D eigenvalue weighted by Gasteiger charge is -2.36. The maximum Gasteiger partial charge on any atom is 0.246 e. The number of thiazole rings is 3. The number of aliphatic hydroxyl groups excluding tert-OH is 5. The summed E-state index contributed by atoms with van der Waals surface area (Å²) in [4.78, 5) is 139. The van der Waals surface area contributed by atoms with Gasteiger partial charge in [-0.05, 0) is 86.6 Å². The number of hydrogen-bond acceptors (Lipinski definition) is 20. The predicted molar refractivity (Wildman–Crippen MR) is 454 cm³/mol. The van der Waals surface area contributed by atoms with Gasteiger partial charge in [-0.1, -0.05) is 197 Å². The molecule has 12 atom stereocenters. The second-order valence-corrected chi connectivity index (χ2v) is 40.4. The number of nitrogens with one attached hydrogen (secondary N) is 6. The van der Waals surface area contributed by atoms with Crippen LogP contribution in [-0.4, -0.2) is 196 Å². The molecule has 30 heteroatoms. The lowest BCUT2D eigenvalue weighted by Crippen LogP contribution is -2.58. The van der Waals surface area contributed by atoms with Crippen LogP contribution in [0.25, 0.3) is 31.3 Å². The number of nitrogens with zero attached hydrogens (tertiary/aromatic N) is 6. The summed E-state index contributed by atoms with van der Waals surface area (Å²) >= 11 is 4.52. The maximum absolute atomic E-state index is 14.1. The maximum atomic E-state index is 14.1. The molecule has 3 aromatic carbocycles. The number of amides is 9. The van der Waals surface area contributed by atoms with Crippen molar-refractivity contribution in [3.63, 3.8) is 0 Å². The Kier molecular flexibility index (Phi) is 32.7. The van der Waals surface area contributed by atoms with E-state index in [1.54, 1.807) is 40.0 Å². The molecule has 26 nitrogen and oxygen atoms in total. The minimum absolute atomic E-state index is 0.00860. The van der Waals surface area contributed by atoms with Crippen molar-refractivity contribution < 1.29 is 73.1 Å². The van der Waals surface area contributed by atoms with Gasteiger partial charge in [0.1, 0.15) is 42.9 Å². The van der Waals surface area contributed by atoms with E-state index in [0.717, 1.165) is 53.8 Å². The van der Waals surface area contributed by atoms with Gasteiger partial charge in [-0.3, -0.25) is 43.2 Å². The minimum Gasteiger partial charge on any atom is -0.394 e. The lowest BCUT2D eigenvalue weighted by molar-refractivity contribution is -0.144. The smallest absolute Gasteiger partial charge is 0.246 e. The van der Waals surface area contributed by atoms with Crippen LogP contribution >= 0.6 is 34.0 Å². The first-order valence-corrected chi connectivity index (χ1v) is 42.5. The monoisotopic (exact) mass is 1680 g/mol. The van der Waals surface area contributed by atoms with Gasteiger partial charge in [0.25, 0.3) is 0 Å². The molecule has 9 amide bonds. The molecule has 12 unspecified atom stereocenters. The van der Waals surface area contributed by atoms with Gasteiger partial charge in [0, 0.05) is 58.2 Å². The highest BCUT2D eigenvalue weighted by Gasteiger charge is 2.49. The zero-order chi connectivity index (χ0) is 87.4. The normalized spacial score (nSPS) is 19.5. The van der Waals surface area contributed by atoms with Crippen LogP contribution in [0.15, 0.2) is 89.3 Å². The Hall–Kier alpha value is -8.49. The first kappa shape index (κ1) is 95.6. The van der Waals surface area contributed by atoms with Crippen LogP contribution in [0.3, 0.4) is 0 Å². The van der Waals surface area contributed by atoms with Crippen molar-refractivity contribution in [3.8, 4) is 31.3 Å². The molecule has 117 heavy (non-hydrogen) atoms. The summed E-state index contributed by atoms with van der Waals surface area (Å²) in [7, 11) is 0. The Morgan fingerprint density at radius 1 is 0.427 bits per heavy atom. The number of aliphatic hydroxyl groups is 5. The highest BCUT2D eigenvalue weighted by atomic mass is 32.1. The van der Waals surface area contributed by atoms with E-state index in [1.807, 2.05) is 206 Å². The first-order valence-electron chi connectivity index (χ1n) is 39.9. The summed E-state index contributed by atoms with van der Waals surface area (Å²) in [5.74, 6) is -3.31. The van der Waals surface area contributed by atoms with E-state index >= 15 is 0 Å². The van der Waals surface area contributed by atoms with Crippen molar-refractivity contribution in [2.45, 2.75) is 263 Å². The summed E-state index contributed by atoms with van der Waals surface area (Å²) in [5, 5.41) is 68.0. The summed E-state index contributed by atoms with van der Waals surface area (Å²) < 4.78 is 14.1. The molecule has 6 heterocycles. The Morgan fingerprint density at radius 3 is 1.01 bits per heavy atom. The molecular weight excluding hydrogens is 1550 g/mol. The average molecular weight is 1680 g/mol. The van der Waals surface area contributed by atoms with Crippen LogP contribution in [-0.2, 0) is 49.8 Å². The Balaban J connectivity index is 0.000000242. The average Bonchev–Trinajstić information content (AvgIpc) is 1.72. The van der Waals surface area contributed by atoms with E-state index < -0.39 is 113 Å². The molecule has 0 radical (unpaired) electrons. The van der Waals surface area contributed by atoms with Crippen LogP contribution in [0, 0.1) is 46.3 Å². The molecule has 642 valence electrons. The van der Waals surface area contributed by atoms with E-state index in [9.17, 15) is 73.1 Å². The molecule has 3 fully saturated rings. The van der Waals surface area contributed by atoms with Gasteiger partial charge < -0.3 is 72.1 Å². The van der Waals surface area contributed by atoms with Crippen molar-refractivity contribution in [1.29, 1.82) is 0 Å². The molecule has 0 saturated carbocycles. The summed E-state index contributed by atoms with van der Waals surface area (Å²) in [6.07, 6.45) is -1.61. The predicted octanol–water partition coefficient (Wildman–Crippen LogP) is 10.8. The van der Waals surface area contributed by atoms with Gasteiger partial charge in [0.2, 0.25) is 53.2 Å². The molecular formula is C87H125FN12O14S3.